The molecule has 0 aromatic carbocycles. The van der Waals surface area contributed by atoms with Gasteiger partial charge in [0.1, 0.15) is 5.82 Å². The van der Waals surface area contributed by atoms with Crippen LogP contribution < -0.4 is 5.73 Å². The Bertz CT molecular complexity index is 533. The molecule has 0 aliphatic heterocycles. The van der Waals surface area contributed by atoms with E-state index in [0.717, 1.165) is 17.8 Å². The molecule has 18 heavy (non-hydrogen) atoms. The van der Waals surface area contributed by atoms with E-state index >= 15 is 0 Å². The van der Waals surface area contributed by atoms with Crippen molar-refractivity contribution in [3.8, 4) is 11.3 Å². The number of nitrogen functional groups attached to an aromatic ring is 1. The van der Waals surface area contributed by atoms with Crippen molar-refractivity contribution >= 4 is 17.6 Å². The molecule has 0 atom stereocenters. The van der Waals surface area contributed by atoms with E-state index in [4.69, 9.17) is 5.73 Å². The Morgan fingerprint density at radius 1 is 1.44 bits per heavy atom. The molecule has 96 valence electrons. The molecule has 0 saturated heterocycles. The summed E-state index contributed by atoms with van der Waals surface area (Å²) in [4.78, 5) is 8.35. The third-order valence-electron chi connectivity index (χ3n) is 2.93. The molecule has 0 spiro atoms. The van der Waals surface area contributed by atoms with Gasteiger partial charge in [-0.15, -0.1) is 0 Å². The number of hydrogen-bond donors (Lipinski definition) is 1. The minimum absolute atomic E-state index is 0.159. The summed E-state index contributed by atoms with van der Waals surface area (Å²) in [6.45, 7) is 5.32. The largest absolute Gasteiger partial charge is 0.383 e. The SMILES string of the molecule is CSC(C)(C)Cn1cncc1-c1cccnc1N. The summed E-state index contributed by atoms with van der Waals surface area (Å²) in [6.07, 6.45) is 7.50. The van der Waals surface area contributed by atoms with Crippen molar-refractivity contribution in [2.24, 2.45) is 0 Å². The standard InChI is InChI=1S/C13H18N4S/c1-13(2,18-3)8-17-9-15-7-11(17)10-5-4-6-16-12(10)14/h4-7,9H,8H2,1-3H3,(H2,14,16). The highest BCUT2D eigenvalue weighted by Gasteiger charge is 2.19. The van der Waals surface area contributed by atoms with Gasteiger partial charge in [0.2, 0.25) is 0 Å². The number of anilines is 1. The molecular formula is C13H18N4S. The maximum Gasteiger partial charge on any atom is 0.132 e. The van der Waals surface area contributed by atoms with Crippen LogP contribution >= 0.6 is 11.8 Å². The third kappa shape index (κ3) is 2.67. The zero-order valence-corrected chi connectivity index (χ0v) is 11.7. The predicted octanol–water partition coefficient (Wildman–Crippen LogP) is 2.67. The van der Waals surface area contributed by atoms with Crippen LogP contribution in [-0.2, 0) is 6.54 Å². The van der Waals surface area contributed by atoms with E-state index in [1.54, 1.807) is 6.20 Å². The van der Waals surface area contributed by atoms with Gasteiger partial charge in [-0.1, -0.05) is 0 Å². The molecule has 2 rings (SSSR count). The van der Waals surface area contributed by atoms with Gasteiger partial charge in [0.15, 0.2) is 0 Å². The van der Waals surface area contributed by atoms with Gasteiger partial charge in [0.25, 0.3) is 0 Å². The first-order valence-electron chi connectivity index (χ1n) is 5.79. The molecule has 0 fully saturated rings. The highest BCUT2D eigenvalue weighted by atomic mass is 32.2. The molecule has 0 radical (unpaired) electrons. The molecule has 2 aromatic heterocycles. The number of imidazole rings is 1. The molecule has 0 aliphatic carbocycles. The summed E-state index contributed by atoms with van der Waals surface area (Å²) >= 11 is 1.84. The predicted molar refractivity (Wildman–Crippen MR) is 77.5 cm³/mol. The molecule has 2 N–H and O–H groups in total. The lowest BCUT2D eigenvalue weighted by atomic mass is 10.1. The summed E-state index contributed by atoms with van der Waals surface area (Å²) in [6, 6.07) is 3.87. The van der Waals surface area contributed by atoms with E-state index in [9.17, 15) is 0 Å². The van der Waals surface area contributed by atoms with Crippen LogP contribution in [0.5, 0.6) is 0 Å². The van der Waals surface area contributed by atoms with E-state index in [-0.39, 0.29) is 4.75 Å². The second kappa shape index (κ2) is 5.02. The first-order chi connectivity index (χ1) is 8.53. The molecule has 5 heteroatoms. The number of rotatable bonds is 4. The smallest absolute Gasteiger partial charge is 0.132 e. The Morgan fingerprint density at radius 3 is 2.89 bits per heavy atom. The van der Waals surface area contributed by atoms with Crippen molar-refractivity contribution in [1.29, 1.82) is 0 Å². The molecule has 4 nitrogen and oxygen atoms in total. The highest BCUT2D eigenvalue weighted by molar-refractivity contribution is 7.99. The fraction of sp³-hybridized carbons (Fsp3) is 0.385. The van der Waals surface area contributed by atoms with Crippen LogP contribution in [0.1, 0.15) is 13.8 Å². The fourth-order valence-corrected chi connectivity index (χ4v) is 2.05. The molecule has 2 aromatic rings. The molecule has 0 saturated carbocycles. The number of aromatic nitrogens is 3. The molecular weight excluding hydrogens is 244 g/mol. The Balaban J connectivity index is 2.37. The zero-order valence-electron chi connectivity index (χ0n) is 10.9. The second-order valence-electron chi connectivity index (χ2n) is 4.81. The van der Waals surface area contributed by atoms with Gasteiger partial charge in [0.05, 0.1) is 18.2 Å². The van der Waals surface area contributed by atoms with Crippen molar-refractivity contribution in [2.75, 3.05) is 12.0 Å². The maximum absolute atomic E-state index is 5.92. The number of nitrogens with zero attached hydrogens (tertiary/aromatic N) is 3. The Morgan fingerprint density at radius 2 is 2.22 bits per heavy atom. The molecule has 0 amide bonds. The maximum atomic E-state index is 5.92. The summed E-state index contributed by atoms with van der Waals surface area (Å²) in [5.41, 5.74) is 7.87. The number of pyridine rings is 1. The van der Waals surface area contributed by atoms with Crippen molar-refractivity contribution in [1.82, 2.24) is 14.5 Å². The quantitative estimate of drug-likeness (QED) is 0.920. The van der Waals surface area contributed by atoms with Crippen molar-refractivity contribution in [3.63, 3.8) is 0 Å². The van der Waals surface area contributed by atoms with Gasteiger partial charge < -0.3 is 10.3 Å². The molecule has 0 unspecified atom stereocenters. The molecule has 0 bridgehead atoms. The molecule has 0 aliphatic rings. The molecule has 2 heterocycles. The van der Waals surface area contributed by atoms with E-state index in [2.05, 4.69) is 34.6 Å². The summed E-state index contributed by atoms with van der Waals surface area (Å²) < 4.78 is 2.29. The lowest BCUT2D eigenvalue weighted by molar-refractivity contribution is 0.571. The van der Waals surface area contributed by atoms with Crippen molar-refractivity contribution in [2.45, 2.75) is 25.1 Å². The third-order valence-corrected chi connectivity index (χ3v) is 4.16. The van der Waals surface area contributed by atoms with Gasteiger partial charge >= 0.3 is 0 Å². The normalized spacial score (nSPS) is 11.7. The van der Waals surface area contributed by atoms with E-state index in [0.29, 0.717) is 5.82 Å². The number of thioether (sulfide) groups is 1. The van der Waals surface area contributed by atoms with Gasteiger partial charge in [-0.25, -0.2) is 9.97 Å². The van der Waals surface area contributed by atoms with E-state index in [1.807, 2.05) is 36.4 Å². The van der Waals surface area contributed by atoms with E-state index < -0.39 is 0 Å². The van der Waals surface area contributed by atoms with Crippen LogP contribution in [0.25, 0.3) is 11.3 Å². The van der Waals surface area contributed by atoms with Crippen LogP contribution in [0.2, 0.25) is 0 Å². The van der Waals surface area contributed by atoms with Crippen LogP contribution in [0, 0.1) is 0 Å². The van der Waals surface area contributed by atoms with Crippen LogP contribution in [0.15, 0.2) is 30.9 Å². The Labute approximate surface area is 112 Å². The van der Waals surface area contributed by atoms with Crippen LogP contribution in [0.4, 0.5) is 5.82 Å². The average molecular weight is 262 g/mol. The van der Waals surface area contributed by atoms with Crippen molar-refractivity contribution < 1.29 is 0 Å². The van der Waals surface area contributed by atoms with Gasteiger partial charge in [-0.05, 0) is 32.2 Å². The summed E-state index contributed by atoms with van der Waals surface area (Å²) in [5.74, 6) is 0.543. The average Bonchev–Trinajstić information content (AvgIpc) is 2.77. The van der Waals surface area contributed by atoms with Crippen LogP contribution in [-0.4, -0.2) is 25.5 Å². The zero-order chi connectivity index (χ0) is 13.2. The summed E-state index contributed by atoms with van der Waals surface area (Å²) in [5, 5.41) is 0. The second-order valence-corrected chi connectivity index (χ2v) is 6.32. The van der Waals surface area contributed by atoms with Crippen LogP contribution in [0.3, 0.4) is 0 Å². The number of nitrogens with two attached hydrogens (primary N) is 1. The van der Waals surface area contributed by atoms with Crippen molar-refractivity contribution in [3.05, 3.63) is 30.9 Å². The monoisotopic (exact) mass is 262 g/mol. The first kappa shape index (κ1) is 13.0. The number of hydrogen-bond acceptors (Lipinski definition) is 4. The van der Waals surface area contributed by atoms with E-state index in [1.165, 1.54) is 0 Å². The lowest BCUT2D eigenvalue weighted by Crippen LogP contribution is -2.22. The first-order valence-corrected chi connectivity index (χ1v) is 7.02. The minimum atomic E-state index is 0.159. The van der Waals surface area contributed by atoms with Gasteiger partial charge in [-0.2, -0.15) is 11.8 Å². The highest BCUT2D eigenvalue weighted by Crippen LogP contribution is 2.28. The Hall–Kier alpha value is -1.49. The lowest BCUT2D eigenvalue weighted by Gasteiger charge is -2.23. The minimum Gasteiger partial charge on any atom is -0.383 e. The topological polar surface area (TPSA) is 56.7 Å². The fourth-order valence-electron chi connectivity index (χ4n) is 1.78. The Kier molecular flexibility index (Phi) is 3.61. The van der Waals surface area contributed by atoms with Gasteiger partial charge in [0, 0.05) is 23.1 Å². The van der Waals surface area contributed by atoms with Gasteiger partial charge in [-0.3, -0.25) is 0 Å². The summed E-state index contributed by atoms with van der Waals surface area (Å²) in [7, 11) is 0.